The van der Waals surface area contributed by atoms with Crippen molar-refractivity contribution in [2.45, 2.75) is 45.8 Å². The van der Waals surface area contributed by atoms with Gasteiger partial charge in [-0.2, -0.15) is 0 Å². The minimum absolute atomic E-state index is 0.0577. The summed E-state index contributed by atoms with van der Waals surface area (Å²) in [5, 5.41) is 12.7. The molecule has 0 radical (unpaired) electrons. The van der Waals surface area contributed by atoms with E-state index in [-0.39, 0.29) is 12.1 Å². The van der Waals surface area contributed by atoms with E-state index in [4.69, 9.17) is 0 Å². The van der Waals surface area contributed by atoms with Crippen molar-refractivity contribution in [1.29, 1.82) is 0 Å². The molecule has 1 atom stereocenters. The van der Waals surface area contributed by atoms with Gasteiger partial charge in [-0.15, -0.1) is 0 Å². The minimum Gasteiger partial charge on any atom is -0.389 e. The van der Waals surface area contributed by atoms with Crippen molar-refractivity contribution >= 4 is 6.03 Å². The maximum atomic E-state index is 12.0. The van der Waals surface area contributed by atoms with Crippen LogP contribution < -0.4 is 5.32 Å². The Labute approximate surface area is 121 Å². The molecule has 0 heterocycles. The molecule has 0 bridgehead atoms. The predicted molar refractivity (Wildman–Crippen MR) is 81.7 cm³/mol. The Morgan fingerprint density at radius 3 is 2.35 bits per heavy atom. The first kappa shape index (κ1) is 16.5. The molecule has 4 nitrogen and oxygen atoms in total. The van der Waals surface area contributed by atoms with Gasteiger partial charge in [0.2, 0.25) is 0 Å². The number of amides is 2. The molecular formula is C16H26N2O2. The van der Waals surface area contributed by atoms with Gasteiger partial charge in [0, 0.05) is 7.05 Å². The van der Waals surface area contributed by atoms with Crippen LogP contribution in [-0.4, -0.2) is 35.2 Å². The second-order valence-electron chi connectivity index (χ2n) is 5.93. The van der Waals surface area contributed by atoms with E-state index in [1.807, 2.05) is 19.1 Å². The van der Waals surface area contributed by atoms with Gasteiger partial charge >= 0.3 is 6.03 Å². The first-order valence-electron chi connectivity index (χ1n) is 7.06. The summed E-state index contributed by atoms with van der Waals surface area (Å²) in [6.45, 7) is 7.73. The van der Waals surface area contributed by atoms with E-state index < -0.39 is 5.60 Å². The average Bonchev–Trinajstić information content (AvgIpc) is 2.36. The number of rotatable bonds is 5. The smallest absolute Gasteiger partial charge is 0.317 e. The molecule has 112 valence electrons. The molecule has 1 aromatic carbocycles. The normalized spacial score (nSPS) is 12.9. The van der Waals surface area contributed by atoms with Crippen LogP contribution >= 0.6 is 0 Å². The number of likely N-dealkylation sites (N-methyl/N-ethyl adjacent to an activating group) is 1. The molecule has 0 saturated heterocycles. The lowest BCUT2D eigenvalue weighted by Crippen LogP contribution is -2.45. The highest BCUT2D eigenvalue weighted by Crippen LogP contribution is 2.14. The largest absolute Gasteiger partial charge is 0.389 e. The lowest BCUT2D eigenvalue weighted by molar-refractivity contribution is 0.0528. The SMILES string of the molecule is CCc1ccc(C(C)NC(=O)N(C)CC(C)(C)O)cc1. The van der Waals surface area contributed by atoms with Crippen LogP contribution in [0.5, 0.6) is 0 Å². The summed E-state index contributed by atoms with van der Waals surface area (Å²) in [6.07, 6.45) is 1.01. The topological polar surface area (TPSA) is 52.6 Å². The molecule has 0 aliphatic rings. The number of aliphatic hydroxyl groups is 1. The fourth-order valence-electron chi connectivity index (χ4n) is 2.07. The van der Waals surface area contributed by atoms with Crippen LogP contribution in [0.1, 0.15) is 44.9 Å². The Bertz CT molecular complexity index is 435. The lowest BCUT2D eigenvalue weighted by atomic mass is 10.1. The molecule has 1 aromatic rings. The number of nitrogens with zero attached hydrogens (tertiary/aromatic N) is 1. The zero-order chi connectivity index (χ0) is 15.3. The van der Waals surface area contributed by atoms with Crippen molar-refractivity contribution < 1.29 is 9.90 Å². The molecule has 0 saturated carbocycles. The van der Waals surface area contributed by atoms with Crippen molar-refractivity contribution in [3.8, 4) is 0 Å². The van der Waals surface area contributed by atoms with E-state index in [1.54, 1.807) is 20.9 Å². The molecule has 0 aliphatic carbocycles. The molecule has 2 amide bonds. The van der Waals surface area contributed by atoms with Crippen LogP contribution in [0.4, 0.5) is 4.79 Å². The number of carbonyl (C=O) groups is 1. The third-order valence-corrected chi connectivity index (χ3v) is 3.20. The van der Waals surface area contributed by atoms with Crippen LogP contribution in [0.25, 0.3) is 0 Å². The van der Waals surface area contributed by atoms with Gasteiger partial charge in [-0.05, 0) is 38.3 Å². The van der Waals surface area contributed by atoms with Crippen molar-refractivity contribution in [3.63, 3.8) is 0 Å². The van der Waals surface area contributed by atoms with E-state index in [0.29, 0.717) is 6.54 Å². The van der Waals surface area contributed by atoms with Crippen LogP contribution in [0, 0.1) is 0 Å². The number of carbonyl (C=O) groups excluding carboxylic acids is 1. The average molecular weight is 278 g/mol. The highest BCUT2D eigenvalue weighted by Gasteiger charge is 2.20. The van der Waals surface area contributed by atoms with Gasteiger partial charge in [-0.3, -0.25) is 0 Å². The van der Waals surface area contributed by atoms with Gasteiger partial charge in [0.05, 0.1) is 18.2 Å². The molecule has 1 unspecified atom stereocenters. The Balaban J connectivity index is 2.60. The second kappa shape index (κ2) is 6.75. The maximum absolute atomic E-state index is 12.0. The summed E-state index contributed by atoms with van der Waals surface area (Å²) in [5.74, 6) is 0. The third-order valence-electron chi connectivity index (χ3n) is 3.20. The Kier molecular flexibility index (Phi) is 5.57. The fraction of sp³-hybridized carbons (Fsp3) is 0.562. The van der Waals surface area contributed by atoms with E-state index in [1.165, 1.54) is 10.5 Å². The summed E-state index contributed by atoms with van der Waals surface area (Å²) >= 11 is 0. The standard InChI is InChI=1S/C16H26N2O2/c1-6-13-7-9-14(10-8-13)12(2)17-15(19)18(5)11-16(3,4)20/h7-10,12,20H,6,11H2,1-5H3,(H,17,19). The minimum atomic E-state index is -0.891. The van der Waals surface area contributed by atoms with Gasteiger partial charge in [0.15, 0.2) is 0 Å². The Morgan fingerprint density at radius 1 is 1.35 bits per heavy atom. The monoisotopic (exact) mass is 278 g/mol. The van der Waals surface area contributed by atoms with E-state index >= 15 is 0 Å². The molecule has 20 heavy (non-hydrogen) atoms. The molecular weight excluding hydrogens is 252 g/mol. The van der Waals surface area contributed by atoms with Gasteiger partial charge in [-0.25, -0.2) is 4.79 Å². The summed E-state index contributed by atoms with van der Waals surface area (Å²) in [6, 6.07) is 8.01. The number of hydrogen-bond donors (Lipinski definition) is 2. The van der Waals surface area contributed by atoms with Crippen LogP contribution in [0.15, 0.2) is 24.3 Å². The van der Waals surface area contributed by atoms with Gasteiger partial charge in [0.1, 0.15) is 0 Å². The van der Waals surface area contributed by atoms with Crippen molar-refractivity contribution in [3.05, 3.63) is 35.4 Å². The summed E-state index contributed by atoms with van der Waals surface area (Å²) in [4.78, 5) is 13.5. The van der Waals surface area contributed by atoms with Crippen LogP contribution in [-0.2, 0) is 6.42 Å². The van der Waals surface area contributed by atoms with Crippen molar-refractivity contribution in [1.82, 2.24) is 10.2 Å². The number of aryl methyl sites for hydroxylation is 1. The molecule has 2 N–H and O–H groups in total. The number of hydrogen-bond acceptors (Lipinski definition) is 2. The quantitative estimate of drug-likeness (QED) is 0.870. The first-order chi connectivity index (χ1) is 9.23. The Morgan fingerprint density at radius 2 is 1.90 bits per heavy atom. The van der Waals surface area contributed by atoms with Crippen LogP contribution in [0.3, 0.4) is 0 Å². The maximum Gasteiger partial charge on any atom is 0.317 e. The highest BCUT2D eigenvalue weighted by atomic mass is 16.3. The third kappa shape index (κ3) is 5.21. The summed E-state index contributed by atoms with van der Waals surface area (Å²) < 4.78 is 0. The molecule has 4 heteroatoms. The second-order valence-corrected chi connectivity index (χ2v) is 5.93. The fourth-order valence-corrected chi connectivity index (χ4v) is 2.07. The van der Waals surface area contributed by atoms with E-state index in [9.17, 15) is 9.90 Å². The number of urea groups is 1. The molecule has 0 fully saturated rings. The first-order valence-corrected chi connectivity index (χ1v) is 7.06. The molecule has 0 spiro atoms. The zero-order valence-corrected chi connectivity index (χ0v) is 13.1. The molecule has 0 aromatic heterocycles. The number of benzene rings is 1. The Hall–Kier alpha value is -1.55. The van der Waals surface area contributed by atoms with Gasteiger partial charge in [0.25, 0.3) is 0 Å². The summed E-state index contributed by atoms with van der Waals surface area (Å²) in [5.41, 5.74) is 1.47. The van der Waals surface area contributed by atoms with Crippen LogP contribution in [0.2, 0.25) is 0 Å². The van der Waals surface area contributed by atoms with Crippen molar-refractivity contribution in [2.75, 3.05) is 13.6 Å². The molecule has 0 aliphatic heterocycles. The van der Waals surface area contributed by atoms with E-state index in [2.05, 4.69) is 24.4 Å². The van der Waals surface area contributed by atoms with Gasteiger partial charge in [-0.1, -0.05) is 31.2 Å². The number of nitrogens with one attached hydrogen (secondary N) is 1. The predicted octanol–water partition coefficient (Wildman–Crippen LogP) is 2.72. The lowest BCUT2D eigenvalue weighted by Gasteiger charge is -2.27. The van der Waals surface area contributed by atoms with E-state index in [0.717, 1.165) is 12.0 Å². The molecule has 1 rings (SSSR count). The summed E-state index contributed by atoms with van der Waals surface area (Å²) in [7, 11) is 1.68. The zero-order valence-electron chi connectivity index (χ0n) is 13.1. The van der Waals surface area contributed by atoms with Gasteiger partial charge < -0.3 is 15.3 Å². The van der Waals surface area contributed by atoms with Crippen molar-refractivity contribution in [2.24, 2.45) is 0 Å². The highest BCUT2D eigenvalue weighted by molar-refractivity contribution is 5.74.